The van der Waals surface area contributed by atoms with Crippen LogP contribution in [0.25, 0.3) is 0 Å². The number of rotatable bonds is 3. The van der Waals surface area contributed by atoms with E-state index in [2.05, 4.69) is 9.72 Å². The van der Waals surface area contributed by atoms with Gasteiger partial charge >= 0.3 is 11.7 Å². The highest BCUT2D eigenvalue weighted by Crippen LogP contribution is 2.32. The number of carbonyl (C=O) groups is 1. The van der Waals surface area contributed by atoms with Crippen LogP contribution in [0.4, 0.5) is 14.5 Å². The van der Waals surface area contributed by atoms with Crippen LogP contribution in [0.1, 0.15) is 22.5 Å². The van der Waals surface area contributed by atoms with E-state index in [1.54, 1.807) is 0 Å². The predicted molar refractivity (Wildman–Crippen MR) is 59.9 cm³/mol. The average Bonchev–Trinajstić information content (AvgIpc) is 2.26. The number of nitrogens with zero attached hydrogens (tertiary/aromatic N) is 2. The molecule has 0 aliphatic rings. The van der Waals surface area contributed by atoms with E-state index >= 15 is 0 Å². The van der Waals surface area contributed by atoms with Crippen LogP contribution in [-0.2, 0) is 4.74 Å². The number of nitro groups is 1. The van der Waals surface area contributed by atoms with Crippen LogP contribution in [0, 0.1) is 13.7 Å². The molecular formula is C8H5F2IN2O4. The average molecular weight is 358 g/mol. The third-order valence-electron chi connectivity index (χ3n) is 1.82. The monoisotopic (exact) mass is 358 g/mol. The Balaban J connectivity index is 3.50. The van der Waals surface area contributed by atoms with Crippen LogP contribution in [0.5, 0.6) is 0 Å². The number of methoxy groups -OCH3 is 1. The largest absolute Gasteiger partial charge is 0.465 e. The number of halogens is 3. The number of hydrogen-bond acceptors (Lipinski definition) is 5. The van der Waals surface area contributed by atoms with Gasteiger partial charge in [0.25, 0.3) is 6.43 Å². The fourth-order valence-corrected chi connectivity index (χ4v) is 1.94. The molecule has 0 atom stereocenters. The van der Waals surface area contributed by atoms with E-state index in [1.165, 1.54) is 22.6 Å². The van der Waals surface area contributed by atoms with E-state index < -0.39 is 34.3 Å². The van der Waals surface area contributed by atoms with Crippen molar-refractivity contribution in [3.8, 4) is 0 Å². The molecule has 0 spiro atoms. The topological polar surface area (TPSA) is 82.3 Å². The Morgan fingerprint density at radius 3 is 2.65 bits per heavy atom. The van der Waals surface area contributed by atoms with Crippen molar-refractivity contribution in [2.24, 2.45) is 0 Å². The van der Waals surface area contributed by atoms with Crippen molar-refractivity contribution in [1.29, 1.82) is 0 Å². The van der Waals surface area contributed by atoms with Crippen LogP contribution >= 0.6 is 22.6 Å². The van der Waals surface area contributed by atoms with Crippen molar-refractivity contribution in [2.75, 3.05) is 7.11 Å². The maximum atomic E-state index is 12.5. The van der Waals surface area contributed by atoms with Crippen LogP contribution in [0.15, 0.2) is 6.20 Å². The van der Waals surface area contributed by atoms with Crippen LogP contribution in [-0.4, -0.2) is 23.0 Å². The van der Waals surface area contributed by atoms with E-state index in [1.807, 2.05) is 0 Å². The molecular weight excluding hydrogens is 353 g/mol. The molecule has 1 aromatic rings. The van der Waals surface area contributed by atoms with E-state index in [9.17, 15) is 23.7 Å². The molecule has 0 aliphatic heterocycles. The first-order chi connectivity index (χ1) is 7.90. The SMILES string of the molecule is COC(=O)c1cnc(C(F)F)c(I)c1[N+](=O)[O-]. The molecule has 0 saturated carbocycles. The van der Waals surface area contributed by atoms with E-state index in [-0.39, 0.29) is 3.57 Å². The highest BCUT2D eigenvalue weighted by atomic mass is 127. The van der Waals surface area contributed by atoms with Gasteiger partial charge in [0, 0.05) is 6.20 Å². The summed E-state index contributed by atoms with van der Waals surface area (Å²) < 4.78 is 28.9. The van der Waals surface area contributed by atoms with E-state index in [0.29, 0.717) is 6.20 Å². The first-order valence-electron chi connectivity index (χ1n) is 4.09. The third-order valence-corrected chi connectivity index (χ3v) is 2.88. The first-order valence-corrected chi connectivity index (χ1v) is 5.17. The summed E-state index contributed by atoms with van der Waals surface area (Å²) in [6.07, 6.45) is -2.24. The van der Waals surface area contributed by atoms with Crippen LogP contribution in [0.3, 0.4) is 0 Å². The summed E-state index contributed by atoms with van der Waals surface area (Å²) >= 11 is 1.35. The molecule has 0 bridgehead atoms. The smallest absolute Gasteiger partial charge is 0.346 e. The number of pyridine rings is 1. The number of ether oxygens (including phenoxy) is 1. The van der Waals surface area contributed by atoms with Gasteiger partial charge < -0.3 is 4.74 Å². The normalized spacial score (nSPS) is 10.4. The lowest BCUT2D eigenvalue weighted by molar-refractivity contribution is -0.386. The van der Waals surface area contributed by atoms with Crippen molar-refractivity contribution in [1.82, 2.24) is 4.98 Å². The molecule has 0 aliphatic carbocycles. The van der Waals surface area contributed by atoms with Crippen molar-refractivity contribution < 1.29 is 23.2 Å². The Labute approximate surface area is 107 Å². The number of carbonyl (C=O) groups excluding carboxylic acids is 1. The summed E-state index contributed by atoms with van der Waals surface area (Å²) in [6, 6.07) is 0. The van der Waals surface area contributed by atoms with Gasteiger partial charge in [-0.1, -0.05) is 0 Å². The van der Waals surface area contributed by atoms with Gasteiger partial charge in [-0.15, -0.1) is 0 Å². The van der Waals surface area contributed by atoms with E-state index in [0.717, 1.165) is 7.11 Å². The highest BCUT2D eigenvalue weighted by Gasteiger charge is 2.30. The molecule has 6 nitrogen and oxygen atoms in total. The van der Waals surface area contributed by atoms with Crippen molar-refractivity contribution in [3.05, 3.63) is 31.1 Å². The van der Waals surface area contributed by atoms with Crippen molar-refractivity contribution >= 4 is 34.2 Å². The number of aromatic nitrogens is 1. The summed E-state index contributed by atoms with van der Waals surface area (Å²) in [5.74, 6) is -0.997. The number of alkyl halides is 2. The zero-order chi connectivity index (χ0) is 13.2. The molecule has 17 heavy (non-hydrogen) atoms. The predicted octanol–water partition coefficient (Wildman–Crippen LogP) is 2.32. The molecule has 9 heteroatoms. The highest BCUT2D eigenvalue weighted by molar-refractivity contribution is 14.1. The summed E-state index contributed by atoms with van der Waals surface area (Å²) in [5.41, 5.74) is -1.90. The minimum Gasteiger partial charge on any atom is -0.465 e. The number of hydrogen-bond donors (Lipinski definition) is 0. The van der Waals surface area contributed by atoms with Gasteiger partial charge in [0.2, 0.25) is 0 Å². The zero-order valence-corrected chi connectivity index (χ0v) is 10.5. The lowest BCUT2D eigenvalue weighted by atomic mass is 10.2. The standard InChI is InChI=1S/C8H5F2IN2O4/c1-17-8(14)3-2-12-5(7(9)10)4(11)6(3)13(15)16/h2,7H,1H3. The maximum Gasteiger partial charge on any atom is 0.346 e. The van der Waals surface area contributed by atoms with Gasteiger partial charge in [0.05, 0.1) is 12.0 Å². The van der Waals surface area contributed by atoms with E-state index in [4.69, 9.17) is 0 Å². The molecule has 0 fully saturated rings. The zero-order valence-electron chi connectivity index (χ0n) is 8.32. The van der Waals surface area contributed by atoms with Gasteiger partial charge in [-0.2, -0.15) is 0 Å². The molecule has 0 N–H and O–H groups in total. The molecule has 92 valence electrons. The van der Waals surface area contributed by atoms with Crippen LogP contribution < -0.4 is 0 Å². The second-order valence-corrected chi connectivity index (χ2v) is 3.85. The van der Waals surface area contributed by atoms with Crippen molar-refractivity contribution in [2.45, 2.75) is 6.43 Å². The quantitative estimate of drug-likeness (QED) is 0.359. The maximum absolute atomic E-state index is 12.5. The Hall–Kier alpha value is -1.39. The fourth-order valence-electron chi connectivity index (χ4n) is 1.08. The molecule has 0 aromatic carbocycles. The molecule has 1 rings (SSSR count). The summed E-state index contributed by atoms with van der Waals surface area (Å²) in [7, 11) is 1.03. The Bertz CT molecular complexity index is 481. The lowest BCUT2D eigenvalue weighted by Gasteiger charge is -2.06. The van der Waals surface area contributed by atoms with Gasteiger partial charge in [-0.25, -0.2) is 13.6 Å². The first kappa shape index (κ1) is 13.7. The summed E-state index contributed by atoms with van der Waals surface area (Å²) in [5, 5.41) is 10.8. The molecule has 0 amide bonds. The van der Waals surface area contributed by atoms with Gasteiger partial charge in [0.1, 0.15) is 9.26 Å². The molecule has 1 aromatic heterocycles. The molecule has 0 radical (unpaired) electrons. The Kier molecular flexibility index (Phi) is 4.26. The van der Waals surface area contributed by atoms with Gasteiger partial charge in [-0.05, 0) is 22.6 Å². The summed E-state index contributed by atoms with van der Waals surface area (Å²) in [4.78, 5) is 24.4. The molecule has 1 heterocycles. The minimum absolute atomic E-state index is 0.370. The Morgan fingerprint density at radius 1 is 1.65 bits per heavy atom. The van der Waals surface area contributed by atoms with Gasteiger partial charge in [-0.3, -0.25) is 15.1 Å². The fraction of sp³-hybridized carbons (Fsp3) is 0.250. The molecule has 0 saturated heterocycles. The van der Waals surface area contributed by atoms with Crippen LogP contribution in [0.2, 0.25) is 0 Å². The third kappa shape index (κ3) is 2.65. The second-order valence-electron chi connectivity index (χ2n) is 2.77. The summed E-state index contributed by atoms with van der Waals surface area (Å²) in [6.45, 7) is 0. The number of esters is 1. The Morgan fingerprint density at radius 2 is 2.24 bits per heavy atom. The van der Waals surface area contributed by atoms with Crippen molar-refractivity contribution in [3.63, 3.8) is 0 Å². The molecule has 0 unspecified atom stereocenters. The second kappa shape index (κ2) is 5.29. The van der Waals surface area contributed by atoms with Gasteiger partial charge in [0.15, 0.2) is 5.56 Å². The minimum atomic E-state index is -2.95. The lowest BCUT2D eigenvalue weighted by Crippen LogP contribution is -2.10.